The van der Waals surface area contributed by atoms with Crippen LogP contribution in [0.15, 0.2) is 45.6 Å². The van der Waals surface area contributed by atoms with Gasteiger partial charge in [0, 0.05) is 55.7 Å². The van der Waals surface area contributed by atoms with Crippen LogP contribution in [0.1, 0.15) is 34.7 Å². The number of hydrogen-bond acceptors (Lipinski definition) is 7. The largest absolute Gasteiger partial charge is 0.352 e. The van der Waals surface area contributed by atoms with Crippen molar-refractivity contribution >= 4 is 23.2 Å². The zero-order valence-electron chi connectivity index (χ0n) is 18.1. The van der Waals surface area contributed by atoms with E-state index in [0.717, 1.165) is 18.7 Å². The summed E-state index contributed by atoms with van der Waals surface area (Å²) < 4.78 is 5.42. The van der Waals surface area contributed by atoms with Gasteiger partial charge in [0.1, 0.15) is 0 Å². The van der Waals surface area contributed by atoms with Crippen molar-refractivity contribution in [1.29, 1.82) is 0 Å². The van der Waals surface area contributed by atoms with Gasteiger partial charge < -0.3 is 14.7 Å². The van der Waals surface area contributed by atoms with E-state index in [1.807, 2.05) is 46.8 Å². The molecule has 3 heterocycles. The fourth-order valence-electron chi connectivity index (χ4n) is 3.58. The van der Waals surface area contributed by atoms with Crippen molar-refractivity contribution in [2.45, 2.75) is 26.3 Å². The van der Waals surface area contributed by atoms with Crippen molar-refractivity contribution in [1.82, 2.24) is 25.3 Å². The van der Waals surface area contributed by atoms with Crippen LogP contribution in [0.5, 0.6) is 0 Å². The van der Waals surface area contributed by atoms with Gasteiger partial charge in [0.05, 0.1) is 6.54 Å². The lowest BCUT2D eigenvalue weighted by molar-refractivity contribution is -0.133. The number of aromatic nitrogens is 2. The van der Waals surface area contributed by atoms with Gasteiger partial charge >= 0.3 is 0 Å². The van der Waals surface area contributed by atoms with Gasteiger partial charge in [-0.2, -0.15) is 16.3 Å². The average molecular weight is 454 g/mol. The summed E-state index contributed by atoms with van der Waals surface area (Å²) >= 11 is 1.49. The summed E-state index contributed by atoms with van der Waals surface area (Å²) in [4.78, 5) is 33.0. The molecule has 0 saturated carbocycles. The van der Waals surface area contributed by atoms with Gasteiger partial charge in [-0.1, -0.05) is 35.0 Å². The first-order chi connectivity index (χ1) is 15.6. The van der Waals surface area contributed by atoms with E-state index in [1.54, 1.807) is 6.07 Å². The normalized spacial score (nSPS) is 14.5. The number of thiophene rings is 1. The van der Waals surface area contributed by atoms with E-state index in [2.05, 4.69) is 20.4 Å². The molecule has 1 aromatic carbocycles. The quantitative estimate of drug-likeness (QED) is 0.527. The van der Waals surface area contributed by atoms with Crippen LogP contribution in [0.2, 0.25) is 0 Å². The molecule has 1 aliphatic heterocycles. The number of nitrogens with one attached hydrogen (secondary N) is 1. The van der Waals surface area contributed by atoms with Crippen molar-refractivity contribution in [2.24, 2.45) is 0 Å². The predicted octanol–water partition coefficient (Wildman–Crippen LogP) is 2.96. The molecule has 0 bridgehead atoms. The number of carbonyl (C=O) groups is 2. The summed E-state index contributed by atoms with van der Waals surface area (Å²) in [5.41, 5.74) is 2.80. The molecule has 32 heavy (non-hydrogen) atoms. The van der Waals surface area contributed by atoms with Crippen molar-refractivity contribution in [2.75, 3.05) is 32.7 Å². The van der Waals surface area contributed by atoms with E-state index >= 15 is 0 Å². The number of benzene rings is 1. The molecule has 3 aromatic rings. The van der Waals surface area contributed by atoms with Crippen LogP contribution in [-0.2, 0) is 11.3 Å². The summed E-state index contributed by atoms with van der Waals surface area (Å²) in [7, 11) is 0. The third-order valence-corrected chi connectivity index (χ3v) is 6.18. The standard InChI is InChI=1S/C23H27N5O3S/c1-17-4-6-18(7-5-17)22-25-20(31-26-22)15-27-10-12-28(13-11-27)21(29)3-2-9-24-23(30)19-8-14-32-16-19/h4-8,14,16H,2-3,9-13,15H2,1H3,(H,24,30). The SMILES string of the molecule is Cc1ccc(-c2noc(CN3CCN(C(=O)CCCNC(=O)c4ccsc4)CC3)n2)cc1. The molecule has 0 atom stereocenters. The van der Waals surface area contributed by atoms with Gasteiger partial charge in [0.15, 0.2) is 0 Å². The number of amides is 2. The summed E-state index contributed by atoms with van der Waals surface area (Å²) in [5.74, 6) is 1.23. The molecule has 168 valence electrons. The summed E-state index contributed by atoms with van der Waals surface area (Å²) in [6.07, 6.45) is 1.08. The molecule has 8 nitrogen and oxygen atoms in total. The minimum absolute atomic E-state index is 0.0844. The first-order valence-corrected chi connectivity index (χ1v) is 11.7. The average Bonchev–Trinajstić information content (AvgIpc) is 3.50. The van der Waals surface area contributed by atoms with Crippen LogP contribution in [0.4, 0.5) is 0 Å². The minimum atomic E-state index is -0.0844. The highest BCUT2D eigenvalue weighted by Gasteiger charge is 2.22. The predicted molar refractivity (Wildman–Crippen MR) is 122 cm³/mol. The Kier molecular flexibility index (Phi) is 7.28. The van der Waals surface area contributed by atoms with Crippen molar-refractivity contribution in [3.05, 3.63) is 58.1 Å². The van der Waals surface area contributed by atoms with E-state index in [4.69, 9.17) is 4.52 Å². The van der Waals surface area contributed by atoms with Crippen molar-refractivity contribution in [3.63, 3.8) is 0 Å². The maximum Gasteiger partial charge on any atom is 0.252 e. The lowest BCUT2D eigenvalue weighted by Gasteiger charge is -2.34. The molecular weight excluding hydrogens is 426 g/mol. The third kappa shape index (κ3) is 5.80. The van der Waals surface area contributed by atoms with Gasteiger partial charge in [0.2, 0.25) is 17.6 Å². The van der Waals surface area contributed by atoms with E-state index < -0.39 is 0 Å². The molecule has 0 spiro atoms. The summed E-state index contributed by atoms with van der Waals surface area (Å²) in [6, 6.07) is 9.82. The van der Waals surface area contributed by atoms with Gasteiger partial charge in [-0.25, -0.2) is 0 Å². The maximum absolute atomic E-state index is 12.5. The molecule has 4 rings (SSSR count). The number of carbonyl (C=O) groups excluding carboxylic acids is 2. The zero-order chi connectivity index (χ0) is 22.3. The highest BCUT2D eigenvalue weighted by atomic mass is 32.1. The molecule has 1 aliphatic rings. The van der Waals surface area contributed by atoms with Crippen LogP contribution in [0.25, 0.3) is 11.4 Å². The highest BCUT2D eigenvalue weighted by Crippen LogP contribution is 2.17. The number of piperazine rings is 1. The maximum atomic E-state index is 12.5. The van der Waals surface area contributed by atoms with E-state index in [9.17, 15) is 9.59 Å². The molecule has 1 N–H and O–H groups in total. The summed E-state index contributed by atoms with van der Waals surface area (Å²) in [6.45, 7) is 6.01. The third-order valence-electron chi connectivity index (χ3n) is 5.50. The Bertz CT molecular complexity index is 1020. The number of nitrogens with zero attached hydrogens (tertiary/aromatic N) is 4. The summed E-state index contributed by atoms with van der Waals surface area (Å²) in [5, 5.41) is 10.6. The Morgan fingerprint density at radius 2 is 1.91 bits per heavy atom. The van der Waals surface area contributed by atoms with Crippen molar-refractivity contribution in [3.8, 4) is 11.4 Å². The van der Waals surface area contributed by atoms with Gasteiger partial charge in [0.25, 0.3) is 5.91 Å². The first kappa shape index (κ1) is 22.2. The smallest absolute Gasteiger partial charge is 0.252 e. The van der Waals surface area contributed by atoms with Gasteiger partial charge in [-0.15, -0.1) is 0 Å². The molecular formula is C23H27N5O3S. The number of rotatable bonds is 8. The Balaban J connectivity index is 1.16. The zero-order valence-corrected chi connectivity index (χ0v) is 18.9. The van der Waals surface area contributed by atoms with Crippen LogP contribution >= 0.6 is 11.3 Å². The van der Waals surface area contributed by atoms with Gasteiger partial charge in [-0.05, 0) is 24.8 Å². The molecule has 0 radical (unpaired) electrons. The fraction of sp³-hybridized carbons (Fsp3) is 0.391. The van der Waals surface area contributed by atoms with Crippen LogP contribution in [0, 0.1) is 6.92 Å². The van der Waals surface area contributed by atoms with Crippen LogP contribution in [0.3, 0.4) is 0 Å². The minimum Gasteiger partial charge on any atom is -0.352 e. The monoisotopic (exact) mass is 453 g/mol. The Morgan fingerprint density at radius 1 is 1.12 bits per heavy atom. The Labute approximate surface area is 191 Å². The molecule has 9 heteroatoms. The van der Waals surface area contributed by atoms with Crippen molar-refractivity contribution < 1.29 is 14.1 Å². The lowest BCUT2D eigenvalue weighted by Crippen LogP contribution is -2.48. The second-order valence-corrected chi connectivity index (χ2v) is 8.69. The van der Waals surface area contributed by atoms with E-state index in [1.165, 1.54) is 16.9 Å². The molecule has 2 amide bonds. The lowest BCUT2D eigenvalue weighted by atomic mass is 10.1. The van der Waals surface area contributed by atoms with E-state index in [0.29, 0.717) is 56.3 Å². The first-order valence-electron chi connectivity index (χ1n) is 10.8. The Morgan fingerprint density at radius 3 is 2.62 bits per heavy atom. The second kappa shape index (κ2) is 10.5. The highest BCUT2D eigenvalue weighted by molar-refractivity contribution is 7.08. The number of aryl methyl sites for hydroxylation is 1. The van der Waals surface area contributed by atoms with E-state index in [-0.39, 0.29) is 11.8 Å². The molecule has 0 unspecified atom stereocenters. The fourth-order valence-corrected chi connectivity index (χ4v) is 4.22. The van der Waals surface area contributed by atoms with Crippen LogP contribution in [-0.4, -0.2) is 64.5 Å². The number of hydrogen-bond donors (Lipinski definition) is 1. The Hall–Kier alpha value is -3.04. The van der Waals surface area contributed by atoms with Gasteiger partial charge in [-0.3, -0.25) is 14.5 Å². The molecule has 1 saturated heterocycles. The molecule has 0 aliphatic carbocycles. The molecule has 1 fully saturated rings. The second-order valence-electron chi connectivity index (χ2n) is 7.91. The van der Waals surface area contributed by atoms with Crippen LogP contribution < -0.4 is 5.32 Å². The topological polar surface area (TPSA) is 91.6 Å². The molecule has 2 aromatic heterocycles.